The first-order valence-electron chi connectivity index (χ1n) is 5.84. The van der Waals surface area contributed by atoms with Crippen LogP contribution in [0.15, 0.2) is 11.4 Å². The molecule has 1 aromatic rings. The zero-order valence-electron chi connectivity index (χ0n) is 9.89. The van der Waals surface area contributed by atoms with Gasteiger partial charge in [-0.2, -0.15) is 11.8 Å². The first kappa shape index (κ1) is 12.9. The van der Waals surface area contributed by atoms with Crippen molar-refractivity contribution in [3.05, 3.63) is 21.9 Å². The van der Waals surface area contributed by atoms with E-state index < -0.39 is 5.97 Å². The molecule has 0 amide bonds. The fourth-order valence-corrected chi connectivity index (χ4v) is 4.06. The summed E-state index contributed by atoms with van der Waals surface area (Å²) in [4.78, 5) is 13.9. The van der Waals surface area contributed by atoms with Crippen molar-refractivity contribution in [2.24, 2.45) is 0 Å². The van der Waals surface area contributed by atoms with E-state index >= 15 is 0 Å². The van der Waals surface area contributed by atoms with Crippen LogP contribution < -0.4 is 0 Å². The Balaban J connectivity index is 2.00. The number of thioether (sulfide) groups is 1. The van der Waals surface area contributed by atoms with Gasteiger partial charge < -0.3 is 5.11 Å². The maximum absolute atomic E-state index is 11.0. The van der Waals surface area contributed by atoms with Gasteiger partial charge in [0.05, 0.1) is 0 Å². The van der Waals surface area contributed by atoms with Crippen molar-refractivity contribution < 1.29 is 9.90 Å². The van der Waals surface area contributed by atoms with E-state index in [2.05, 4.69) is 11.8 Å². The van der Waals surface area contributed by atoms with Crippen LogP contribution in [0, 0.1) is 0 Å². The largest absolute Gasteiger partial charge is 0.477 e. The van der Waals surface area contributed by atoms with Crippen LogP contribution in [0.1, 0.15) is 28.6 Å². The van der Waals surface area contributed by atoms with Crippen LogP contribution >= 0.6 is 23.1 Å². The van der Waals surface area contributed by atoms with Gasteiger partial charge >= 0.3 is 5.97 Å². The third-order valence-electron chi connectivity index (χ3n) is 3.01. The number of rotatable bonds is 4. The van der Waals surface area contributed by atoms with Crippen molar-refractivity contribution >= 4 is 29.1 Å². The highest BCUT2D eigenvalue weighted by molar-refractivity contribution is 8.00. The minimum absolute atomic E-state index is 0.497. The Morgan fingerprint density at radius 1 is 1.65 bits per heavy atom. The Morgan fingerprint density at radius 3 is 3.18 bits per heavy atom. The molecule has 0 aromatic carbocycles. The van der Waals surface area contributed by atoms with E-state index in [0.29, 0.717) is 10.1 Å². The molecule has 2 rings (SSSR count). The minimum Gasteiger partial charge on any atom is -0.477 e. The summed E-state index contributed by atoms with van der Waals surface area (Å²) in [6, 6.07) is 1.94. The number of carbonyl (C=O) groups is 1. The van der Waals surface area contributed by atoms with Crippen molar-refractivity contribution in [1.29, 1.82) is 0 Å². The molecule has 1 aromatic heterocycles. The summed E-state index contributed by atoms with van der Waals surface area (Å²) in [6.07, 6.45) is 1.19. The molecule has 2 heterocycles. The van der Waals surface area contributed by atoms with Crippen LogP contribution in [0.25, 0.3) is 0 Å². The lowest BCUT2D eigenvalue weighted by atomic mass is 10.2. The number of carboxylic acid groups (broad SMARTS) is 1. The monoisotopic (exact) mass is 271 g/mol. The second-order valence-corrected chi connectivity index (χ2v) is 6.54. The van der Waals surface area contributed by atoms with Gasteiger partial charge in [-0.15, -0.1) is 11.3 Å². The number of carboxylic acids is 1. The van der Waals surface area contributed by atoms with Gasteiger partial charge in [0.15, 0.2) is 0 Å². The average molecular weight is 271 g/mol. The standard InChI is InChI=1S/C12H17NO2S2/c1-2-10-8-13(4-6-16-10)7-9-3-5-17-11(9)12(14)15/h3,5,10H,2,4,6-8H2,1H3,(H,14,15). The van der Waals surface area contributed by atoms with Crippen LogP contribution in [0.2, 0.25) is 0 Å². The highest BCUT2D eigenvalue weighted by Gasteiger charge is 2.21. The van der Waals surface area contributed by atoms with E-state index in [1.54, 1.807) is 0 Å². The van der Waals surface area contributed by atoms with E-state index in [1.807, 2.05) is 23.2 Å². The highest BCUT2D eigenvalue weighted by atomic mass is 32.2. The lowest BCUT2D eigenvalue weighted by Crippen LogP contribution is -2.37. The first-order valence-corrected chi connectivity index (χ1v) is 7.77. The lowest BCUT2D eigenvalue weighted by molar-refractivity contribution is 0.0700. The molecular formula is C12H17NO2S2. The zero-order chi connectivity index (χ0) is 12.3. The number of hydrogen-bond donors (Lipinski definition) is 1. The summed E-state index contributed by atoms with van der Waals surface area (Å²) in [6.45, 7) is 5.14. The molecule has 1 fully saturated rings. The zero-order valence-corrected chi connectivity index (χ0v) is 11.5. The van der Waals surface area contributed by atoms with Crippen LogP contribution in [0.4, 0.5) is 0 Å². The number of nitrogens with zero attached hydrogens (tertiary/aromatic N) is 1. The molecule has 94 valence electrons. The van der Waals surface area contributed by atoms with Crippen LogP contribution in [-0.4, -0.2) is 40.1 Å². The number of aromatic carboxylic acids is 1. The summed E-state index contributed by atoms with van der Waals surface area (Å²) >= 11 is 3.36. The average Bonchev–Trinajstić information content (AvgIpc) is 2.77. The van der Waals surface area contributed by atoms with E-state index in [0.717, 1.165) is 31.0 Å². The SMILES string of the molecule is CCC1CN(Cc2ccsc2C(=O)O)CCS1. The summed E-state index contributed by atoms with van der Waals surface area (Å²) < 4.78 is 0. The van der Waals surface area contributed by atoms with Crippen LogP contribution in [-0.2, 0) is 6.54 Å². The Hall–Kier alpha value is -0.520. The number of thiophene rings is 1. The van der Waals surface area contributed by atoms with Crippen LogP contribution in [0.3, 0.4) is 0 Å². The molecule has 3 nitrogen and oxygen atoms in total. The Bertz CT molecular complexity index is 392. The third-order valence-corrected chi connectivity index (χ3v) is 5.33. The molecule has 1 aliphatic heterocycles. The normalized spacial score (nSPS) is 21.6. The predicted molar refractivity (Wildman–Crippen MR) is 73.1 cm³/mol. The van der Waals surface area contributed by atoms with Crippen LogP contribution in [0.5, 0.6) is 0 Å². The molecule has 1 aliphatic rings. The van der Waals surface area contributed by atoms with E-state index in [1.165, 1.54) is 17.8 Å². The maximum Gasteiger partial charge on any atom is 0.346 e. The minimum atomic E-state index is -0.798. The predicted octanol–water partition coefficient (Wildman–Crippen LogP) is 2.77. The molecule has 0 spiro atoms. The molecule has 0 bridgehead atoms. The topological polar surface area (TPSA) is 40.5 Å². The summed E-state index contributed by atoms with van der Waals surface area (Å²) in [5, 5.41) is 11.6. The molecule has 1 N–H and O–H groups in total. The Morgan fingerprint density at radius 2 is 2.47 bits per heavy atom. The van der Waals surface area contributed by atoms with Gasteiger partial charge in [0.2, 0.25) is 0 Å². The molecule has 1 atom stereocenters. The second-order valence-electron chi connectivity index (χ2n) is 4.22. The fourth-order valence-electron chi connectivity index (χ4n) is 2.06. The molecule has 0 saturated carbocycles. The lowest BCUT2D eigenvalue weighted by Gasteiger charge is -2.31. The number of hydrogen-bond acceptors (Lipinski definition) is 4. The van der Waals surface area contributed by atoms with Gasteiger partial charge in [-0.05, 0) is 23.4 Å². The Labute approximate surface area is 110 Å². The molecular weight excluding hydrogens is 254 g/mol. The van der Waals surface area contributed by atoms with Crippen molar-refractivity contribution in [1.82, 2.24) is 4.90 Å². The van der Waals surface area contributed by atoms with Gasteiger partial charge in [0.25, 0.3) is 0 Å². The van der Waals surface area contributed by atoms with Gasteiger partial charge in [0, 0.05) is 30.6 Å². The van der Waals surface area contributed by atoms with E-state index in [-0.39, 0.29) is 0 Å². The van der Waals surface area contributed by atoms with Gasteiger partial charge in [-0.3, -0.25) is 4.90 Å². The van der Waals surface area contributed by atoms with Crippen molar-refractivity contribution in [2.75, 3.05) is 18.8 Å². The smallest absolute Gasteiger partial charge is 0.346 e. The van der Waals surface area contributed by atoms with Crippen molar-refractivity contribution in [2.45, 2.75) is 25.1 Å². The Kier molecular flexibility index (Phi) is 4.48. The maximum atomic E-state index is 11.0. The fraction of sp³-hybridized carbons (Fsp3) is 0.583. The molecule has 17 heavy (non-hydrogen) atoms. The van der Waals surface area contributed by atoms with Gasteiger partial charge in [0.1, 0.15) is 4.88 Å². The summed E-state index contributed by atoms with van der Waals surface area (Å²) in [5.74, 6) is 0.360. The first-order chi connectivity index (χ1) is 8.20. The molecule has 1 saturated heterocycles. The van der Waals surface area contributed by atoms with E-state index in [9.17, 15) is 4.79 Å². The van der Waals surface area contributed by atoms with Crippen molar-refractivity contribution in [3.63, 3.8) is 0 Å². The third kappa shape index (κ3) is 3.24. The molecule has 0 aliphatic carbocycles. The van der Waals surface area contributed by atoms with E-state index in [4.69, 9.17) is 5.11 Å². The van der Waals surface area contributed by atoms with Gasteiger partial charge in [-0.25, -0.2) is 4.79 Å². The quantitative estimate of drug-likeness (QED) is 0.914. The van der Waals surface area contributed by atoms with Crippen molar-refractivity contribution in [3.8, 4) is 0 Å². The second kappa shape index (κ2) is 5.89. The molecule has 0 radical (unpaired) electrons. The molecule has 5 heteroatoms. The highest BCUT2D eigenvalue weighted by Crippen LogP contribution is 2.24. The summed E-state index contributed by atoms with van der Waals surface area (Å²) in [7, 11) is 0. The molecule has 1 unspecified atom stereocenters. The van der Waals surface area contributed by atoms with Gasteiger partial charge in [-0.1, -0.05) is 6.92 Å². The summed E-state index contributed by atoms with van der Waals surface area (Å²) in [5.41, 5.74) is 0.962.